The number of rotatable bonds is 6. The van der Waals surface area contributed by atoms with Crippen LogP contribution in [0.5, 0.6) is 5.88 Å². The first kappa shape index (κ1) is 13.0. The maximum Gasteiger partial charge on any atom is 0.239 e. The molecule has 0 bridgehead atoms. The number of hydrogen-bond acceptors (Lipinski definition) is 4. The van der Waals surface area contributed by atoms with Gasteiger partial charge >= 0.3 is 0 Å². The summed E-state index contributed by atoms with van der Waals surface area (Å²) in [6.07, 6.45) is 1.32. The molecule has 0 saturated heterocycles. The van der Waals surface area contributed by atoms with Gasteiger partial charge in [0.15, 0.2) is 0 Å². The lowest BCUT2D eigenvalue weighted by atomic mass is 10.2. The van der Waals surface area contributed by atoms with E-state index in [4.69, 9.17) is 10.5 Å². The molecule has 1 aromatic heterocycles. The van der Waals surface area contributed by atoms with Crippen LogP contribution in [0.1, 0.15) is 27.2 Å². The van der Waals surface area contributed by atoms with Crippen molar-refractivity contribution in [2.75, 3.05) is 24.2 Å². The van der Waals surface area contributed by atoms with E-state index in [0.717, 1.165) is 24.2 Å². The van der Waals surface area contributed by atoms with Crippen molar-refractivity contribution in [2.45, 2.75) is 27.2 Å². The second kappa shape index (κ2) is 5.46. The SMILES string of the molecule is CC(C)COc1nc(NCC2CC2C)ccc1N. The maximum absolute atomic E-state index is 5.85. The van der Waals surface area contributed by atoms with Crippen LogP contribution in [-0.4, -0.2) is 18.1 Å². The van der Waals surface area contributed by atoms with Crippen LogP contribution in [0.25, 0.3) is 0 Å². The fourth-order valence-corrected chi connectivity index (χ4v) is 1.83. The van der Waals surface area contributed by atoms with Crippen molar-refractivity contribution in [1.82, 2.24) is 4.98 Å². The number of nitrogen functional groups attached to an aromatic ring is 1. The summed E-state index contributed by atoms with van der Waals surface area (Å²) in [5, 5.41) is 3.35. The van der Waals surface area contributed by atoms with E-state index >= 15 is 0 Å². The van der Waals surface area contributed by atoms with Crippen LogP contribution in [0.3, 0.4) is 0 Å². The van der Waals surface area contributed by atoms with Crippen molar-refractivity contribution in [3.05, 3.63) is 12.1 Å². The molecule has 1 aliphatic rings. The van der Waals surface area contributed by atoms with Gasteiger partial charge < -0.3 is 15.8 Å². The third-order valence-corrected chi connectivity index (χ3v) is 3.26. The Labute approximate surface area is 109 Å². The van der Waals surface area contributed by atoms with Gasteiger partial charge in [0.25, 0.3) is 0 Å². The Bertz CT molecular complexity index is 406. The molecule has 1 saturated carbocycles. The fourth-order valence-electron chi connectivity index (χ4n) is 1.83. The average molecular weight is 249 g/mol. The Hall–Kier alpha value is -1.45. The van der Waals surface area contributed by atoms with E-state index in [0.29, 0.717) is 24.1 Å². The highest BCUT2D eigenvalue weighted by Gasteiger charge is 2.31. The molecule has 18 heavy (non-hydrogen) atoms. The third kappa shape index (κ3) is 3.52. The number of ether oxygens (including phenoxy) is 1. The van der Waals surface area contributed by atoms with E-state index in [9.17, 15) is 0 Å². The van der Waals surface area contributed by atoms with E-state index in [1.807, 2.05) is 12.1 Å². The fraction of sp³-hybridized carbons (Fsp3) is 0.643. The topological polar surface area (TPSA) is 60.2 Å². The highest BCUT2D eigenvalue weighted by Crippen LogP contribution is 2.37. The molecular weight excluding hydrogens is 226 g/mol. The largest absolute Gasteiger partial charge is 0.476 e. The van der Waals surface area contributed by atoms with Crippen LogP contribution >= 0.6 is 0 Å². The Kier molecular flexibility index (Phi) is 3.94. The van der Waals surface area contributed by atoms with Gasteiger partial charge in [0.2, 0.25) is 5.88 Å². The summed E-state index contributed by atoms with van der Waals surface area (Å²) in [7, 11) is 0. The van der Waals surface area contributed by atoms with Crippen molar-refractivity contribution in [2.24, 2.45) is 17.8 Å². The highest BCUT2D eigenvalue weighted by molar-refractivity contribution is 5.53. The Balaban J connectivity index is 1.92. The highest BCUT2D eigenvalue weighted by atomic mass is 16.5. The predicted octanol–water partition coefficient (Wildman–Crippen LogP) is 2.77. The van der Waals surface area contributed by atoms with Gasteiger partial charge in [-0.05, 0) is 36.3 Å². The van der Waals surface area contributed by atoms with Crippen molar-refractivity contribution < 1.29 is 4.74 Å². The normalized spacial score (nSPS) is 22.0. The molecule has 0 amide bonds. The monoisotopic (exact) mass is 249 g/mol. The summed E-state index contributed by atoms with van der Waals surface area (Å²) in [4.78, 5) is 4.41. The summed E-state index contributed by atoms with van der Waals surface area (Å²) in [6, 6.07) is 3.76. The molecule has 4 nitrogen and oxygen atoms in total. The molecule has 4 heteroatoms. The molecule has 2 unspecified atom stereocenters. The van der Waals surface area contributed by atoms with Crippen LogP contribution in [-0.2, 0) is 0 Å². The molecule has 1 aliphatic carbocycles. The van der Waals surface area contributed by atoms with Crippen LogP contribution in [0.4, 0.5) is 11.5 Å². The number of nitrogens with zero attached hydrogens (tertiary/aromatic N) is 1. The molecular formula is C14H23N3O. The molecule has 0 aliphatic heterocycles. The summed E-state index contributed by atoms with van der Waals surface area (Å²) < 4.78 is 5.61. The molecule has 1 heterocycles. The third-order valence-electron chi connectivity index (χ3n) is 3.26. The second-order valence-electron chi connectivity index (χ2n) is 5.65. The van der Waals surface area contributed by atoms with Crippen molar-refractivity contribution in [3.8, 4) is 5.88 Å². The molecule has 2 atom stereocenters. The van der Waals surface area contributed by atoms with E-state index in [1.165, 1.54) is 6.42 Å². The lowest BCUT2D eigenvalue weighted by Gasteiger charge is -2.12. The minimum atomic E-state index is 0.468. The first-order chi connectivity index (χ1) is 8.56. The number of nitrogens with two attached hydrogens (primary N) is 1. The summed E-state index contributed by atoms with van der Waals surface area (Å²) >= 11 is 0. The Morgan fingerprint density at radius 3 is 2.83 bits per heavy atom. The molecule has 2 rings (SSSR count). The summed E-state index contributed by atoms with van der Waals surface area (Å²) in [6.45, 7) is 8.11. The zero-order valence-corrected chi connectivity index (χ0v) is 11.4. The molecule has 0 aromatic carbocycles. The van der Waals surface area contributed by atoms with Gasteiger partial charge in [0, 0.05) is 6.54 Å². The summed E-state index contributed by atoms with van der Waals surface area (Å²) in [5.41, 5.74) is 6.45. The predicted molar refractivity (Wildman–Crippen MR) is 74.7 cm³/mol. The van der Waals surface area contributed by atoms with Crippen molar-refractivity contribution in [3.63, 3.8) is 0 Å². The Morgan fingerprint density at radius 1 is 1.50 bits per heavy atom. The molecule has 0 spiro atoms. The molecule has 1 fully saturated rings. The lowest BCUT2D eigenvalue weighted by Crippen LogP contribution is -2.10. The number of anilines is 2. The van der Waals surface area contributed by atoms with Crippen molar-refractivity contribution >= 4 is 11.5 Å². The van der Waals surface area contributed by atoms with Gasteiger partial charge in [-0.15, -0.1) is 0 Å². The number of nitrogens with one attached hydrogen (secondary N) is 1. The van der Waals surface area contributed by atoms with Gasteiger partial charge in [0.1, 0.15) is 5.82 Å². The lowest BCUT2D eigenvalue weighted by molar-refractivity contribution is 0.263. The van der Waals surface area contributed by atoms with Gasteiger partial charge in [-0.2, -0.15) is 4.98 Å². The summed E-state index contributed by atoms with van der Waals surface area (Å²) in [5.74, 6) is 3.50. The van der Waals surface area contributed by atoms with Gasteiger partial charge in [0.05, 0.1) is 12.3 Å². The molecule has 100 valence electrons. The number of pyridine rings is 1. The second-order valence-corrected chi connectivity index (χ2v) is 5.65. The standard InChI is InChI=1S/C14H23N3O/c1-9(2)8-18-14-12(15)4-5-13(17-14)16-7-11-6-10(11)3/h4-5,9-11H,6-8,15H2,1-3H3,(H,16,17). The minimum Gasteiger partial charge on any atom is -0.476 e. The van der Waals surface area contributed by atoms with Crippen molar-refractivity contribution in [1.29, 1.82) is 0 Å². The zero-order chi connectivity index (χ0) is 13.1. The number of hydrogen-bond donors (Lipinski definition) is 2. The maximum atomic E-state index is 5.85. The Morgan fingerprint density at radius 2 is 2.22 bits per heavy atom. The first-order valence-electron chi connectivity index (χ1n) is 6.69. The van der Waals surface area contributed by atoms with Gasteiger partial charge in [-0.1, -0.05) is 20.8 Å². The molecule has 1 aromatic rings. The quantitative estimate of drug-likeness (QED) is 0.814. The van der Waals surface area contributed by atoms with Gasteiger partial charge in [-0.25, -0.2) is 0 Å². The van der Waals surface area contributed by atoms with E-state index < -0.39 is 0 Å². The zero-order valence-electron chi connectivity index (χ0n) is 11.4. The first-order valence-corrected chi connectivity index (χ1v) is 6.69. The average Bonchev–Trinajstić information content (AvgIpc) is 3.02. The van der Waals surface area contributed by atoms with Crippen LogP contribution in [0.15, 0.2) is 12.1 Å². The van der Waals surface area contributed by atoms with E-state index in [-0.39, 0.29) is 0 Å². The van der Waals surface area contributed by atoms with Crippen LogP contribution in [0.2, 0.25) is 0 Å². The molecule has 0 radical (unpaired) electrons. The van der Waals surface area contributed by atoms with E-state index in [1.54, 1.807) is 0 Å². The number of aromatic nitrogens is 1. The van der Waals surface area contributed by atoms with Crippen LogP contribution < -0.4 is 15.8 Å². The van der Waals surface area contributed by atoms with Crippen LogP contribution in [0, 0.1) is 17.8 Å². The molecule has 3 N–H and O–H groups in total. The minimum absolute atomic E-state index is 0.468. The smallest absolute Gasteiger partial charge is 0.239 e. The van der Waals surface area contributed by atoms with E-state index in [2.05, 4.69) is 31.1 Å². The van der Waals surface area contributed by atoms with Gasteiger partial charge in [-0.3, -0.25) is 0 Å².